The Hall–Kier alpha value is -1.73. The van der Waals surface area contributed by atoms with E-state index in [1.807, 2.05) is 13.0 Å². The van der Waals surface area contributed by atoms with Gasteiger partial charge in [0.2, 0.25) is 0 Å². The first-order valence-electron chi connectivity index (χ1n) is 7.07. The lowest BCUT2D eigenvalue weighted by atomic mass is 10.3. The van der Waals surface area contributed by atoms with Crippen molar-refractivity contribution in [2.24, 2.45) is 4.99 Å². The highest BCUT2D eigenvalue weighted by atomic mass is 16.5. The molecule has 0 spiro atoms. The van der Waals surface area contributed by atoms with Gasteiger partial charge in [0, 0.05) is 33.4 Å². The number of aliphatic imine (C=N–C) groups is 1. The zero-order valence-corrected chi connectivity index (χ0v) is 12.9. The summed E-state index contributed by atoms with van der Waals surface area (Å²) in [6.07, 6.45) is 1.86. The van der Waals surface area contributed by atoms with Crippen molar-refractivity contribution in [3.05, 3.63) is 23.8 Å². The van der Waals surface area contributed by atoms with Crippen LogP contribution in [0.25, 0.3) is 0 Å². The van der Waals surface area contributed by atoms with Crippen molar-refractivity contribution in [1.82, 2.24) is 20.2 Å². The molecule has 2 heterocycles. The number of rotatable bonds is 4. The third-order valence-electron chi connectivity index (χ3n) is 3.26. The van der Waals surface area contributed by atoms with Crippen LogP contribution in [-0.4, -0.2) is 67.4 Å². The van der Waals surface area contributed by atoms with E-state index in [1.54, 1.807) is 20.4 Å². The Balaban J connectivity index is 1.90. The lowest BCUT2D eigenvalue weighted by Gasteiger charge is -2.34. The van der Waals surface area contributed by atoms with E-state index in [0.29, 0.717) is 19.8 Å². The molecule has 0 aromatic carbocycles. The van der Waals surface area contributed by atoms with Crippen LogP contribution in [0.4, 0.5) is 0 Å². The second-order valence-corrected chi connectivity index (χ2v) is 4.89. The van der Waals surface area contributed by atoms with Crippen molar-refractivity contribution >= 4 is 5.96 Å². The van der Waals surface area contributed by atoms with Gasteiger partial charge in [-0.3, -0.25) is 4.99 Å². The molecular weight excluding hydrogens is 270 g/mol. The maximum absolute atomic E-state index is 5.65. The van der Waals surface area contributed by atoms with E-state index < -0.39 is 0 Å². The summed E-state index contributed by atoms with van der Waals surface area (Å²) < 4.78 is 10.8. The Kier molecular flexibility index (Phi) is 5.89. The second kappa shape index (κ2) is 7.90. The van der Waals surface area contributed by atoms with Crippen molar-refractivity contribution in [3.8, 4) is 0 Å². The Morgan fingerprint density at radius 2 is 2.48 bits per heavy atom. The molecule has 1 atom stereocenters. The van der Waals surface area contributed by atoms with Crippen LogP contribution in [0.1, 0.15) is 11.5 Å². The molecule has 1 aliphatic heterocycles. The molecule has 1 aromatic heterocycles. The molecule has 0 bridgehead atoms. The van der Waals surface area contributed by atoms with Crippen LogP contribution in [0.2, 0.25) is 0 Å². The topological polar surface area (TPSA) is 71.9 Å². The van der Waals surface area contributed by atoms with Gasteiger partial charge in [0.05, 0.1) is 31.6 Å². The molecular formula is C14H23N5O2. The van der Waals surface area contributed by atoms with Gasteiger partial charge in [0.25, 0.3) is 0 Å². The lowest BCUT2D eigenvalue weighted by Crippen LogP contribution is -2.51. The third kappa shape index (κ3) is 4.64. The smallest absolute Gasteiger partial charge is 0.194 e. The number of methoxy groups -OCH3 is 1. The molecule has 1 N–H and O–H groups in total. The Bertz CT molecular complexity index is 478. The van der Waals surface area contributed by atoms with E-state index in [0.717, 1.165) is 30.6 Å². The zero-order valence-electron chi connectivity index (χ0n) is 12.9. The van der Waals surface area contributed by atoms with Crippen molar-refractivity contribution in [2.45, 2.75) is 19.6 Å². The van der Waals surface area contributed by atoms with Crippen molar-refractivity contribution in [3.63, 3.8) is 0 Å². The van der Waals surface area contributed by atoms with Crippen molar-refractivity contribution in [2.75, 3.05) is 40.5 Å². The summed E-state index contributed by atoms with van der Waals surface area (Å²) in [5.74, 6) is 1.63. The molecule has 0 amide bonds. The Morgan fingerprint density at radius 3 is 3.19 bits per heavy atom. The number of aryl methyl sites for hydroxylation is 1. The fourth-order valence-electron chi connectivity index (χ4n) is 2.30. The normalized spacial score (nSPS) is 19.7. The summed E-state index contributed by atoms with van der Waals surface area (Å²) in [5, 5.41) is 3.33. The van der Waals surface area contributed by atoms with Crippen molar-refractivity contribution in [1.29, 1.82) is 0 Å². The summed E-state index contributed by atoms with van der Waals surface area (Å²) in [6, 6.07) is 1.90. The van der Waals surface area contributed by atoms with Crippen LogP contribution >= 0.6 is 0 Å². The molecule has 2 rings (SSSR count). The van der Waals surface area contributed by atoms with Crippen LogP contribution < -0.4 is 5.32 Å². The fourth-order valence-corrected chi connectivity index (χ4v) is 2.30. The number of nitrogens with zero attached hydrogens (tertiary/aromatic N) is 4. The van der Waals surface area contributed by atoms with Gasteiger partial charge in [-0.1, -0.05) is 0 Å². The summed E-state index contributed by atoms with van der Waals surface area (Å²) in [6.45, 7) is 5.39. The first kappa shape index (κ1) is 15.7. The third-order valence-corrected chi connectivity index (χ3v) is 3.26. The number of morpholine rings is 1. The molecule has 21 heavy (non-hydrogen) atoms. The number of aromatic nitrogens is 2. The van der Waals surface area contributed by atoms with E-state index in [-0.39, 0.29) is 6.10 Å². The SMILES string of the molecule is CN=C(NCc1ccnc(C)n1)N1CCOC(COC)C1. The molecule has 0 radical (unpaired) electrons. The predicted molar refractivity (Wildman–Crippen MR) is 80.2 cm³/mol. The molecule has 7 nitrogen and oxygen atoms in total. The van der Waals surface area contributed by atoms with Crippen LogP contribution in [0.5, 0.6) is 0 Å². The highest BCUT2D eigenvalue weighted by Crippen LogP contribution is 2.06. The van der Waals surface area contributed by atoms with Crippen LogP contribution in [0, 0.1) is 6.92 Å². The second-order valence-electron chi connectivity index (χ2n) is 4.89. The minimum absolute atomic E-state index is 0.0867. The molecule has 7 heteroatoms. The first-order valence-corrected chi connectivity index (χ1v) is 7.07. The van der Waals surface area contributed by atoms with Crippen LogP contribution in [0.15, 0.2) is 17.3 Å². The molecule has 1 aliphatic rings. The van der Waals surface area contributed by atoms with Crippen LogP contribution in [-0.2, 0) is 16.0 Å². The monoisotopic (exact) mass is 293 g/mol. The summed E-state index contributed by atoms with van der Waals surface area (Å²) in [4.78, 5) is 15.0. The molecule has 1 unspecified atom stereocenters. The van der Waals surface area contributed by atoms with Gasteiger partial charge in [0.1, 0.15) is 5.82 Å². The molecule has 0 saturated carbocycles. The highest BCUT2D eigenvalue weighted by molar-refractivity contribution is 5.79. The molecule has 1 fully saturated rings. The Morgan fingerprint density at radius 1 is 1.62 bits per heavy atom. The number of hydrogen-bond donors (Lipinski definition) is 1. The lowest BCUT2D eigenvalue weighted by molar-refractivity contribution is -0.0447. The van der Waals surface area contributed by atoms with E-state index in [2.05, 4.69) is 25.2 Å². The van der Waals surface area contributed by atoms with Gasteiger partial charge in [-0.15, -0.1) is 0 Å². The van der Waals surface area contributed by atoms with Gasteiger partial charge < -0.3 is 19.7 Å². The largest absolute Gasteiger partial charge is 0.382 e. The molecule has 116 valence electrons. The van der Waals surface area contributed by atoms with Crippen LogP contribution in [0.3, 0.4) is 0 Å². The van der Waals surface area contributed by atoms with Crippen molar-refractivity contribution < 1.29 is 9.47 Å². The van der Waals surface area contributed by atoms with Gasteiger partial charge in [-0.2, -0.15) is 0 Å². The number of hydrogen-bond acceptors (Lipinski definition) is 5. The van der Waals surface area contributed by atoms with E-state index >= 15 is 0 Å². The molecule has 1 aromatic rings. The zero-order chi connectivity index (χ0) is 15.1. The Labute approximate surface area is 125 Å². The molecule has 0 aliphatic carbocycles. The summed E-state index contributed by atoms with van der Waals surface area (Å²) >= 11 is 0. The summed E-state index contributed by atoms with van der Waals surface area (Å²) in [7, 11) is 3.47. The number of ether oxygens (including phenoxy) is 2. The maximum atomic E-state index is 5.65. The quantitative estimate of drug-likeness (QED) is 0.632. The van der Waals surface area contributed by atoms with Gasteiger partial charge in [-0.25, -0.2) is 9.97 Å². The van der Waals surface area contributed by atoms with E-state index in [1.165, 1.54) is 0 Å². The van der Waals surface area contributed by atoms with E-state index in [9.17, 15) is 0 Å². The average molecular weight is 293 g/mol. The standard InChI is InChI=1S/C14H23N5O2/c1-11-16-5-4-12(18-11)8-17-14(15-2)19-6-7-21-13(9-19)10-20-3/h4-5,13H,6-10H2,1-3H3,(H,15,17). The fraction of sp³-hybridized carbons (Fsp3) is 0.643. The first-order chi connectivity index (χ1) is 10.2. The predicted octanol–water partition coefficient (Wildman–Crippen LogP) is 0.208. The molecule has 1 saturated heterocycles. The summed E-state index contributed by atoms with van der Waals surface area (Å²) in [5.41, 5.74) is 0.949. The number of nitrogens with one attached hydrogen (secondary N) is 1. The minimum Gasteiger partial charge on any atom is -0.382 e. The van der Waals surface area contributed by atoms with Gasteiger partial charge >= 0.3 is 0 Å². The maximum Gasteiger partial charge on any atom is 0.194 e. The number of guanidine groups is 1. The minimum atomic E-state index is 0.0867. The van der Waals surface area contributed by atoms with Gasteiger partial charge in [-0.05, 0) is 13.0 Å². The van der Waals surface area contributed by atoms with Gasteiger partial charge in [0.15, 0.2) is 5.96 Å². The average Bonchev–Trinajstić information content (AvgIpc) is 2.49. The highest BCUT2D eigenvalue weighted by Gasteiger charge is 2.22. The van der Waals surface area contributed by atoms with E-state index in [4.69, 9.17) is 9.47 Å².